The highest BCUT2D eigenvalue weighted by atomic mass is 19.1. The molecule has 0 saturated heterocycles. The lowest BCUT2D eigenvalue weighted by molar-refractivity contribution is -0.119. The van der Waals surface area contributed by atoms with E-state index in [0.29, 0.717) is 37.2 Å². The second kappa shape index (κ2) is 15.6. The first-order valence-corrected chi connectivity index (χ1v) is 14.1. The number of benzene rings is 2. The molecule has 4 N–H and O–H groups in total. The fourth-order valence-electron chi connectivity index (χ4n) is 4.63. The van der Waals surface area contributed by atoms with Gasteiger partial charge in [0, 0.05) is 49.2 Å². The van der Waals surface area contributed by atoms with E-state index in [1.54, 1.807) is 17.9 Å². The molecule has 0 bridgehead atoms. The number of carbonyl (C=O) groups is 3. The Morgan fingerprint density at radius 1 is 0.951 bits per heavy atom. The van der Waals surface area contributed by atoms with E-state index in [0.717, 1.165) is 18.4 Å². The fraction of sp³-hybridized carbons (Fsp3) is 0.375. The highest BCUT2D eigenvalue weighted by Gasteiger charge is 2.26. The van der Waals surface area contributed by atoms with E-state index in [1.165, 1.54) is 36.7 Å². The zero-order valence-corrected chi connectivity index (χ0v) is 24.0. The molecule has 0 aliphatic heterocycles. The molecule has 0 aliphatic carbocycles. The maximum Gasteiger partial charge on any atom is 0.255 e. The molecule has 0 spiro atoms. The summed E-state index contributed by atoms with van der Waals surface area (Å²) in [5.41, 5.74) is 8.69. The summed E-state index contributed by atoms with van der Waals surface area (Å²) in [6.07, 6.45) is 5.32. The number of hydrogen-bond acceptors (Lipinski definition) is 5. The van der Waals surface area contributed by atoms with Crippen molar-refractivity contribution in [1.82, 2.24) is 15.2 Å². The van der Waals surface area contributed by atoms with Crippen LogP contribution in [0.3, 0.4) is 0 Å². The van der Waals surface area contributed by atoms with E-state index in [1.807, 2.05) is 44.2 Å². The lowest BCUT2D eigenvalue weighted by Crippen LogP contribution is -2.50. The van der Waals surface area contributed by atoms with Gasteiger partial charge in [0.2, 0.25) is 5.91 Å². The van der Waals surface area contributed by atoms with Gasteiger partial charge >= 0.3 is 0 Å². The average Bonchev–Trinajstić information content (AvgIpc) is 2.98. The highest BCUT2D eigenvalue weighted by molar-refractivity contribution is 5.99. The van der Waals surface area contributed by atoms with E-state index in [9.17, 15) is 18.8 Å². The van der Waals surface area contributed by atoms with Gasteiger partial charge in [-0.2, -0.15) is 0 Å². The minimum Gasteiger partial charge on any atom is -0.347 e. The van der Waals surface area contributed by atoms with Crippen molar-refractivity contribution in [3.8, 4) is 0 Å². The summed E-state index contributed by atoms with van der Waals surface area (Å²) in [6, 6.07) is 15.7. The first-order chi connectivity index (χ1) is 19.7. The highest BCUT2D eigenvalue weighted by Crippen LogP contribution is 2.17. The Morgan fingerprint density at radius 3 is 2.22 bits per heavy atom. The second-order valence-electron chi connectivity index (χ2n) is 10.3. The maximum absolute atomic E-state index is 13.4. The van der Waals surface area contributed by atoms with Crippen molar-refractivity contribution in [1.29, 1.82) is 0 Å². The van der Waals surface area contributed by atoms with Crippen LogP contribution in [0.25, 0.3) is 0 Å². The molecular weight excluding hydrogens is 521 g/mol. The van der Waals surface area contributed by atoms with Crippen LogP contribution in [-0.2, 0) is 11.2 Å². The Morgan fingerprint density at radius 2 is 1.59 bits per heavy atom. The molecule has 8 nitrogen and oxygen atoms in total. The van der Waals surface area contributed by atoms with E-state index in [-0.39, 0.29) is 23.2 Å². The number of rotatable bonds is 14. The number of halogens is 1. The van der Waals surface area contributed by atoms with Crippen LogP contribution in [0, 0.1) is 11.7 Å². The van der Waals surface area contributed by atoms with Crippen LogP contribution < -0.4 is 16.4 Å². The molecule has 0 fully saturated rings. The van der Waals surface area contributed by atoms with Gasteiger partial charge in [-0.05, 0) is 61.6 Å². The number of anilines is 1. The van der Waals surface area contributed by atoms with Crippen molar-refractivity contribution in [2.75, 3.05) is 18.4 Å². The van der Waals surface area contributed by atoms with E-state index < -0.39 is 23.9 Å². The van der Waals surface area contributed by atoms with Crippen LogP contribution in [-0.4, -0.2) is 52.8 Å². The zero-order valence-electron chi connectivity index (χ0n) is 24.0. The van der Waals surface area contributed by atoms with Gasteiger partial charge in [-0.15, -0.1) is 0 Å². The maximum atomic E-state index is 13.4. The summed E-state index contributed by atoms with van der Waals surface area (Å²) >= 11 is 0. The third-order valence-electron chi connectivity index (χ3n) is 6.84. The van der Waals surface area contributed by atoms with E-state index in [2.05, 4.69) is 15.6 Å². The normalized spacial score (nSPS) is 13.1. The molecule has 0 aliphatic rings. The minimum absolute atomic E-state index is 0.158. The number of nitrogens with zero attached hydrogens (tertiary/aromatic N) is 2. The molecule has 0 unspecified atom stereocenters. The molecule has 3 aromatic rings. The van der Waals surface area contributed by atoms with Gasteiger partial charge in [-0.1, -0.05) is 51.1 Å². The SMILES string of the molecule is CCCN(CCC)C(=O)c1cncc(C(=O)N[C@@H](Cc2ccccc2)[C@@H](N)C[C@@H](C)C(=O)Nc2ccc(F)cc2)c1. The van der Waals surface area contributed by atoms with Gasteiger partial charge in [0.05, 0.1) is 11.1 Å². The van der Waals surface area contributed by atoms with Gasteiger partial charge < -0.3 is 21.3 Å². The quantitative estimate of drug-likeness (QED) is 0.261. The van der Waals surface area contributed by atoms with Crippen LogP contribution in [0.1, 0.15) is 66.3 Å². The topological polar surface area (TPSA) is 117 Å². The molecule has 41 heavy (non-hydrogen) atoms. The van der Waals surface area contributed by atoms with Crippen LogP contribution >= 0.6 is 0 Å². The van der Waals surface area contributed by atoms with Gasteiger partial charge in [-0.3, -0.25) is 19.4 Å². The van der Waals surface area contributed by atoms with Crippen molar-refractivity contribution < 1.29 is 18.8 Å². The monoisotopic (exact) mass is 561 g/mol. The Balaban J connectivity index is 1.74. The number of nitrogens with two attached hydrogens (primary N) is 1. The van der Waals surface area contributed by atoms with Crippen LogP contribution in [0.4, 0.5) is 10.1 Å². The summed E-state index contributed by atoms with van der Waals surface area (Å²) in [5, 5.41) is 5.81. The standard InChI is InChI=1S/C32H40FN5O3/c1-4-15-38(16-5-2)32(41)25-19-24(20-35-21-25)31(40)37-29(18-23-9-7-6-8-10-23)28(34)17-22(3)30(39)36-27-13-11-26(33)12-14-27/h6-14,19-22,28-29H,4-5,15-18,34H2,1-3H3,(H,36,39)(H,37,40)/t22-,28+,29+/m1/s1. The van der Waals surface area contributed by atoms with Crippen molar-refractivity contribution in [2.45, 2.75) is 58.5 Å². The summed E-state index contributed by atoms with van der Waals surface area (Å²) in [7, 11) is 0. The Kier molecular flexibility index (Phi) is 12.0. The van der Waals surface area contributed by atoms with Crippen molar-refractivity contribution in [2.24, 2.45) is 11.7 Å². The molecule has 218 valence electrons. The molecule has 0 radical (unpaired) electrons. The van der Waals surface area contributed by atoms with Crippen LogP contribution in [0.15, 0.2) is 73.1 Å². The lowest BCUT2D eigenvalue weighted by Gasteiger charge is -2.27. The number of aromatic nitrogens is 1. The molecule has 9 heteroatoms. The second-order valence-corrected chi connectivity index (χ2v) is 10.3. The number of nitrogens with one attached hydrogen (secondary N) is 2. The largest absolute Gasteiger partial charge is 0.347 e. The molecule has 1 heterocycles. The molecule has 3 amide bonds. The Labute approximate surface area is 241 Å². The van der Waals surface area contributed by atoms with Crippen molar-refractivity contribution >= 4 is 23.4 Å². The van der Waals surface area contributed by atoms with Crippen molar-refractivity contribution in [3.63, 3.8) is 0 Å². The molecule has 2 aromatic carbocycles. The summed E-state index contributed by atoms with van der Waals surface area (Å²) in [6.45, 7) is 7.05. The van der Waals surface area contributed by atoms with E-state index >= 15 is 0 Å². The smallest absolute Gasteiger partial charge is 0.255 e. The first-order valence-electron chi connectivity index (χ1n) is 14.1. The number of pyridine rings is 1. The number of carbonyl (C=O) groups excluding carboxylic acids is 3. The van der Waals surface area contributed by atoms with E-state index in [4.69, 9.17) is 5.73 Å². The Bertz CT molecular complexity index is 1280. The van der Waals surface area contributed by atoms with Crippen molar-refractivity contribution in [3.05, 3.63) is 95.6 Å². The average molecular weight is 562 g/mol. The fourth-order valence-corrected chi connectivity index (χ4v) is 4.63. The third kappa shape index (κ3) is 9.49. The van der Waals surface area contributed by atoms with Gasteiger partial charge in [-0.25, -0.2) is 4.39 Å². The molecule has 3 atom stereocenters. The third-order valence-corrected chi connectivity index (χ3v) is 6.84. The number of amides is 3. The minimum atomic E-state index is -0.560. The number of hydrogen-bond donors (Lipinski definition) is 3. The molecular formula is C32H40FN5O3. The predicted molar refractivity (Wildman–Crippen MR) is 159 cm³/mol. The van der Waals surface area contributed by atoms with Crippen LogP contribution in [0.5, 0.6) is 0 Å². The summed E-state index contributed by atoms with van der Waals surface area (Å²) in [4.78, 5) is 45.2. The molecule has 3 rings (SSSR count). The summed E-state index contributed by atoms with van der Waals surface area (Å²) < 4.78 is 13.2. The first kappa shape index (κ1) is 31.4. The predicted octanol–water partition coefficient (Wildman–Crippen LogP) is 4.82. The molecule has 0 saturated carbocycles. The lowest BCUT2D eigenvalue weighted by atomic mass is 9.92. The molecule has 1 aromatic heterocycles. The zero-order chi connectivity index (χ0) is 29.8. The van der Waals surface area contributed by atoms with Gasteiger partial charge in [0.1, 0.15) is 5.82 Å². The van der Waals surface area contributed by atoms with Gasteiger partial charge in [0.15, 0.2) is 0 Å². The van der Waals surface area contributed by atoms with Crippen LogP contribution in [0.2, 0.25) is 0 Å². The van der Waals surface area contributed by atoms with Gasteiger partial charge in [0.25, 0.3) is 11.8 Å². The Hall–Kier alpha value is -4.11. The summed E-state index contributed by atoms with van der Waals surface area (Å²) in [5.74, 6) is -1.67.